The van der Waals surface area contributed by atoms with E-state index in [1.807, 2.05) is 13.8 Å². The lowest BCUT2D eigenvalue weighted by molar-refractivity contribution is -0.183. The van der Waals surface area contributed by atoms with Gasteiger partial charge in [0.15, 0.2) is 0 Å². The molecule has 1 aliphatic rings. The summed E-state index contributed by atoms with van der Waals surface area (Å²) in [5, 5.41) is 0. The Bertz CT molecular complexity index is 223. The van der Waals surface area contributed by atoms with E-state index in [2.05, 4.69) is 13.8 Å². The van der Waals surface area contributed by atoms with Gasteiger partial charge in [0.05, 0.1) is 5.60 Å². The van der Waals surface area contributed by atoms with Gasteiger partial charge in [-0.1, -0.05) is 34.1 Å². The molecule has 88 valence electrons. The maximum absolute atomic E-state index is 11.3. The van der Waals surface area contributed by atoms with E-state index in [1.165, 1.54) is 6.42 Å². The van der Waals surface area contributed by atoms with Crippen molar-refractivity contribution in [3.05, 3.63) is 0 Å². The fraction of sp³-hybridized carbons (Fsp3) is 0.923. The van der Waals surface area contributed by atoms with E-state index >= 15 is 0 Å². The topological polar surface area (TPSA) is 26.3 Å². The molecule has 0 aliphatic heterocycles. The van der Waals surface area contributed by atoms with Crippen LogP contribution in [0.15, 0.2) is 0 Å². The maximum Gasteiger partial charge on any atom is 0.128 e. The summed E-state index contributed by atoms with van der Waals surface area (Å²) in [5.74, 6) is 0.901. The van der Waals surface area contributed by atoms with Crippen molar-refractivity contribution in [2.75, 3.05) is 7.11 Å². The lowest BCUT2D eigenvalue weighted by Gasteiger charge is -2.53. The van der Waals surface area contributed by atoms with Crippen LogP contribution in [0, 0.1) is 17.3 Å². The minimum absolute atomic E-state index is 0.285. The molecule has 2 heteroatoms. The van der Waals surface area contributed by atoms with Gasteiger partial charge in [-0.05, 0) is 24.7 Å². The first-order valence-corrected chi connectivity index (χ1v) is 5.94. The zero-order valence-electron chi connectivity index (χ0n) is 10.7. The van der Waals surface area contributed by atoms with Gasteiger partial charge in [0.25, 0.3) is 0 Å². The highest BCUT2D eigenvalue weighted by molar-refractivity contribution is 5.61. The lowest BCUT2D eigenvalue weighted by atomic mass is 9.58. The molecule has 15 heavy (non-hydrogen) atoms. The van der Waals surface area contributed by atoms with E-state index in [4.69, 9.17) is 4.74 Å². The zero-order valence-corrected chi connectivity index (χ0v) is 10.7. The summed E-state index contributed by atoms with van der Waals surface area (Å²) < 4.78 is 5.83. The molecule has 0 amide bonds. The van der Waals surface area contributed by atoms with Crippen LogP contribution in [0.4, 0.5) is 0 Å². The number of rotatable bonds is 3. The zero-order chi connectivity index (χ0) is 11.7. The van der Waals surface area contributed by atoms with Gasteiger partial charge in [-0.3, -0.25) is 0 Å². The van der Waals surface area contributed by atoms with Crippen molar-refractivity contribution >= 4 is 6.29 Å². The van der Waals surface area contributed by atoms with E-state index in [1.54, 1.807) is 7.11 Å². The Morgan fingerprint density at radius 1 is 1.27 bits per heavy atom. The van der Waals surface area contributed by atoms with Crippen LogP contribution in [0.2, 0.25) is 0 Å². The summed E-state index contributed by atoms with van der Waals surface area (Å²) in [4.78, 5) is 11.3. The van der Waals surface area contributed by atoms with Crippen molar-refractivity contribution in [3.8, 4) is 0 Å². The molecular weight excluding hydrogens is 188 g/mol. The van der Waals surface area contributed by atoms with Crippen molar-refractivity contribution in [1.29, 1.82) is 0 Å². The molecule has 0 aromatic heterocycles. The van der Waals surface area contributed by atoms with E-state index in [0.717, 1.165) is 19.1 Å². The molecule has 2 atom stereocenters. The molecule has 0 N–H and O–H groups in total. The third-order valence-electron chi connectivity index (χ3n) is 4.38. The maximum atomic E-state index is 11.3. The molecule has 1 aliphatic carbocycles. The molecule has 1 fully saturated rings. The van der Waals surface area contributed by atoms with E-state index in [-0.39, 0.29) is 5.60 Å². The molecule has 0 heterocycles. The van der Waals surface area contributed by atoms with Crippen LogP contribution in [-0.2, 0) is 9.53 Å². The van der Waals surface area contributed by atoms with Crippen LogP contribution in [0.25, 0.3) is 0 Å². The molecule has 1 rings (SSSR count). The number of carbonyl (C=O) groups excluding carboxylic acids is 1. The Morgan fingerprint density at radius 3 is 2.07 bits per heavy atom. The fourth-order valence-electron chi connectivity index (χ4n) is 3.67. The normalized spacial score (nSPS) is 37.7. The van der Waals surface area contributed by atoms with Gasteiger partial charge in [0, 0.05) is 12.5 Å². The second kappa shape index (κ2) is 4.25. The summed E-state index contributed by atoms with van der Waals surface area (Å²) in [6, 6.07) is 0. The molecule has 0 aromatic rings. The quantitative estimate of drug-likeness (QED) is 0.672. The van der Waals surface area contributed by atoms with Gasteiger partial charge >= 0.3 is 0 Å². The highest BCUT2D eigenvalue weighted by Crippen LogP contribution is 2.50. The SMILES string of the molecule is COC1(C(C)(C)C=O)C(C)CCCC1C. The van der Waals surface area contributed by atoms with Crippen molar-refractivity contribution in [3.63, 3.8) is 0 Å². The monoisotopic (exact) mass is 212 g/mol. The van der Waals surface area contributed by atoms with Gasteiger partial charge in [-0.2, -0.15) is 0 Å². The standard InChI is InChI=1S/C13H24O2/c1-10-7-6-8-11(2)13(10,15-5)12(3,4)9-14/h9-11H,6-8H2,1-5H3. The minimum atomic E-state index is -0.402. The van der Waals surface area contributed by atoms with Crippen molar-refractivity contribution < 1.29 is 9.53 Å². The van der Waals surface area contributed by atoms with Crippen LogP contribution in [0.3, 0.4) is 0 Å². The summed E-state index contributed by atoms with van der Waals surface area (Å²) in [5.41, 5.74) is -0.687. The molecule has 0 radical (unpaired) electrons. The second-order valence-electron chi connectivity index (χ2n) is 5.57. The number of ether oxygens (including phenoxy) is 1. The first-order valence-electron chi connectivity index (χ1n) is 5.94. The number of carbonyl (C=O) groups is 1. The van der Waals surface area contributed by atoms with Gasteiger partial charge in [-0.25, -0.2) is 0 Å². The molecule has 2 nitrogen and oxygen atoms in total. The predicted molar refractivity (Wildman–Crippen MR) is 61.8 cm³/mol. The highest BCUT2D eigenvalue weighted by Gasteiger charge is 2.54. The molecule has 0 saturated heterocycles. The van der Waals surface area contributed by atoms with Gasteiger partial charge < -0.3 is 9.53 Å². The molecule has 1 saturated carbocycles. The van der Waals surface area contributed by atoms with Crippen LogP contribution in [0.1, 0.15) is 47.0 Å². The summed E-state index contributed by atoms with van der Waals surface area (Å²) in [6.45, 7) is 8.43. The molecule has 0 spiro atoms. The first kappa shape index (κ1) is 12.7. The van der Waals surface area contributed by atoms with Crippen molar-refractivity contribution in [1.82, 2.24) is 0 Å². The average molecular weight is 212 g/mol. The molecule has 2 unspecified atom stereocenters. The third kappa shape index (κ3) is 1.73. The summed E-state index contributed by atoms with van der Waals surface area (Å²) in [7, 11) is 1.75. The van der Waals surface area contributed by atoms with Crippen LogP contribution in [-0.4, -0.2) is 19.0 Å². The first-order chi connectivity index (χ1) is 6.92. The lowest BCUT2D eigenvalue weighted by Crippen LogP contribution is -2.58. The number of hydrogen-bond donors (Lipinski definition) is 0. The number of methoxy groups -OCH3 is 1. The molecular formula is C13H24O2. The van der Waals surface area contributed by atoms with Crippen LogP contribution < -0.4 is 0 Å². The van der Waals surface area contributed by atoms with Gasteiger partial charge in [0.2, 0.25) is 0 Å². The van der Waals surface area contributed by atoms with E-state index in [0.29, 0.717) is 11.8 Å². The van der Waals surface area contributed by atoms with Crippen molar-refractivity contribution in [2.45, 2.75) is 52.6 Å². The Hall–Kier alpha value is -0.370. The van der Waals surface area contributed by atoms with Crippen LogP contribution >= 0.6 is 0 Å². The Balaban J connectivity index is 3.14. The van der Waals surface area contributed by atoms with E-state index < -0.39 is 5.41 Å². The predicted octanol–water partition coefficient (Wildman–Crippen LogP) is 3.05. The van der Waals surface area contributed by atoms with Gasteiger partial charge in [0.1, 0.15) is 6.29 Å². The number of hydrogen-bond acceptors (Lipinski definition) is 2. The fourth-order valence-corrected chi connectivity index (χ4v) is 3.67. The number of aldehydes is 1. The minimum Gasteiger partial charge on any atom is -0.377 e. The van der Waals surface area contributed by atoms with Crippen molar-refractivity contribution in [2.24, 2.45) is 17.3 Å². The smallest absolute Gasteiger partial charge is 0.128 e. The summed E-state index contributed by atoms with van der Waals surface area (Å²) >= 11 is 0. The summed E-state index contributed by atoms with van der Waals surface area (Å²) in [6.07, 6.45) is 4.64. The molecule has 0 bridgehead atoms. The average Bonchev–Trinajstić information content (AvgIpc) is 2.18. The second-order valence-corrected chi connectivity index (χ2v) is 5.57. The Labute approximate surface area is 93.4 Å². The highest BCUT2D eigenvalue weighted by atomic mass is 16.5. The van der Waals surface area contributed by atoms with Crippen LogP contribution in [0.5, 0.6) is 0 Å². The Morgan fingerprint density at radius 2 is 1.73 bits per heavy atom. The molecule has 0 aromatic carbocycles. The third-order valence-corrected chi connectivity index (χ3v) is 4.38. The Kier molecular flexibility index (Phi) is 3.59. The van der Waals surface area contributed by atoms with E-state index in [9.17, 15) is 4.79 Å². The van der Waals surface area contributed by atoms with Gasteiger partial charge in [-0.15, -0.1) is 0 Å². The largest absolute Gasteiger partial charge is 0.377 e.